The lowest BCUT2D eigenvalue weighted by atomic mass is 10.2. The first kappa shape index (κ1) is 16.7. The van der Waals surface area contributed by atoms with Gasteiger partial charge in [0, 0.05) is 56.8 Å². The zero-order valence-electron chi connectivity index (χ0n) is 12.8. The molecule has 1 aliphatic rings. The fourth-order valence-electron chi connectivity index (χ4n) is 2.65. The number of nitro groups is 1. The predicted octanol–water partition coefficient (Wildman–Crippen LogP) is 1.15. The average Bonchev–Trinajstić information content (AvgIpc) is 2.92. The van der Waals surface area contributed by atoms with Crippen molar-refractivity contribution >= 4 is 21.2 Å². The summed E-state index contributed by atoms with van der Waals surface area (Å²) in [5.41, 5.74) is 1.01. The maximum Gasteiger partial charge on any atom is 0.269 e. The minimum atomic E-state index is -2.93. The van der Waals surface area contributed by atoms with Crippen LogP contribution in [0.5, 0.6) is 0 Å². The molecule has 1 aliphatic heterocycles. The summed E-state index contributed by atoms with van der Waals surface area (Å²) >= 11 is 0. The first-order valence-electron chi connectivity index (χ1n) is 7.13. The van der Waals surface area contributed by atoms with Crippen LogP contribution in [0, 0.1) is 10.1 Å². The number of benzene rings is 1. The molecule has 0 aliphatic carbocycles. The van der Waals surface area contributed by atoms with Crippen molar-refractivity contribution in [2.75, 3.05) is 43.6 Å². The third-order valence-corrected chi connectivity index (χ3v) is 4.97. The molecule has 7 nitrogen and oxygen atoms in total. The lowest BCUT2D eigenvalue weighted by molar-refractivity contribution is -0.384. The van der Waals surface area contributed by atoms with E-state index in [2.05, 4.69) is 9.80 Å². The highest BCUT2D eigenvalue weighted by molar-refractivity contribution is 7.90. The minimum Gasteiger partial charge on any atom is -0.370 e. The first-order chi connectivity index (χ1) is 10.3. The van der Waals surface area contributed by atoms with Gasteiger partial charge in [-0.05, 0) is 18.6 Å². The summed E-state index contributed by atoms with van der Waals surface area (Å²) in [6.07, 6.45) is 2.21. The SMILES string of the molecule is CN(c1ccc([N+](=O)[O-])cc1)C1CCN(CCS(C)(=O)=O)C1. The van der Waals surface area contributed by atoms with Crippen LogP contribution in [0.25, 0.3) is 0 Å². The Balaban J connectivity index is 1.93. The van der Waals surface area contributed by atoms with Gasteiger partial charge in [0.05, 0.1) is 10.7 Å². The van der Waals surface area contributed by atoms with Gasteiger partial charge < -0.3 is 9.80 Å². The zero-order valence-corrected chi connectivity index (χ0v) is 13.6. The smallest absolute Gasteiger partial charge is 0.269 e. The Morgan fingerprint density at radius 1 is 1.36 bits per heavy atom. The molecular weight excluding hydrogens is 306 g/mol. The first-order valence-corrected chi connectivity index (χ1v) is 9.20. The molecule has 0 spiro atoms. The van der Waals surface area contributed by atoms with E-state index in [9.17, 15) is 18.5 Å². The van der Waals surface area contributed by atoms with Gasteiger partial charge in [-0.2, -0.15) is 0 Å². The van der Waals surface area contributed by atoms with Crippen LogP contribution in [0.15, 0.2) is 24.3 Å². The zero-order chi connectivity index (χ0) is 16.3. The van der Waals surface area contributed by atoms with Crippen molar-refractivity contribution in [1.82, 2.24) is 4.90 Å². The van der Waals surface area contributed by atoms with Gasteiger partial charge in [0.2, 0.25) is 0 Å². The Hall–Kier alpha value is -1.67. The van der Waals surface area contributed by atoms with E-state index in [1.165, 1.54) is 18.4 Å². The second kappa shape index (κ2) is 6.62. The van der Waals surface area contributed by atoms with E-state index in [0.717, 1.165) is 25.2 Å². The van der Waals surface area contributed by atoms with E-state index in [-0.39, 0.29) is 11.4 Å². The van der Waals surface area contributed by atoms with Crippen molar-refractivity contribution < 1.29 is 13.3 Å². The van der Waals surface area contributed by atoms with Gasteiger partial charge >= 0.3 is 0 Å². The lowest BCUT2D eigenvalue weighted by Gasteiger charge is -2.27. The Morgan fingerprint density at radius 3 is 2.55 bits per heavy atom. The van der Waals surface area contributed by atoms with E-state index in [0.29, 0.717) is 12.6 Å². The third kappa shape index (κ3) is 4.41. The van der Waals surface area contributed by atoms with Gasteiger partial charge in [0.1, 0.15) is 9.84 Å². The molecular formula is C14H21N3O4S. The average molecular weight is 327 g/mol. The number of anilines is 1. The van der Waals surface area contributed by atoms with Crippen molar-refractivity contribution in [3.8, 4) is 0 Å². The maximum atomic E-state index is 11.2. The Bertz CT molecular complexity index is 630. The summed E-state index contributed by atoms with van der Waals surface area (Å²) < 4.78 is 22.4. The van der Waals surface area contributed by atoms with E-state index in [1.54, 1.807) is 12.1 Å². The van der Waals surface area contributed by atoms with Crippen LogP contribution < -0.4 is 4.90 Å². The largest absolute Gasteiger partial charge is 0.370 e. The number of likely N-dealkylation sites (tertiary alicyclic amines) is 1. The second-order valence-corrected chi connectivity index (χ2v) is 8.02. The Kier molecular flexibility index (Phi) is 5.02. The van der Waals surface area contributed by atoms with Crippen molar-refractivity contribution in [2.24, 2.45) is 0 Å². The van der Waals surface area contributed by atoms with Gasteiger partial charge in [-0.1, -0.05) is 0 Å². The molecule has 0 aromatic heterocycles. The molecule has 1 atom stereocenters. The molecule has 1 fully saturated rings. The highest BCUT2D eigenvalue weighted by Crippen LogP contribution is 2.23. The summed E-state index contributed by atoms with van der Waals surface area (Å²) in [7, 11) is -0.969. The summed E-state index contributed by atoms with van der Waals surface area (Å²) in [4.78, 5) is 14.5. The summed E-state index contributed by atoms with van der Waals surface area (Å²) in [6, 6.07) is 6.79. The number of non-ortho nitro benzene ring substituents is 1. The van der Waals surface area contributed by atoms with Crippen molar-refractivity contribution in [2.45, 2.75) is 12.5 Å². The number of hydrogen-bond donors (Lipinski definition) is 0. The van der Waals surface area contributed by atoms with Crippen LogP contribution in [-0.4, -0.2) is 63.0 Å². The van der Waals surface area contributed by atoms with Crippen LogP contribution in [0.3, 0.4) is 0 Å². The van der Waals surface area contributed by atoms with Crippen molar-refractivity contribution in [3.05, 3.63) is 34.4 Å². The standard InChI is InChI=1S/C14H21N3O4S/c1-15(12-3-5-13(6-4-12)17(18)19)14-7-8-16(11-14)9-10-22(2,20)21/h3-6,14H,7-11H2,1-2H3. The Labute approximate surface area is 130 Å². The van der Waals surface area contributed by atoms with Crippen molar-refractivity contribution in [3.63, 3.8) is 0 Å². The minimum absolute atomic E-state index is 0.0818. The molecule has 0 radical (unpaired) electrons. The molecule has 1 unspecified atom stereocenters. The fraction of sp³-hybridized carbons (Fsp3) is 0.571. The molecule has 0 N–H and O–H groups in total. The molecule has 2 rings (SSSR count). The van der Waals surface area contributed by atoms with Gasteiger partial charge in [0.25, 0.3) is 5.69 Å². The van der Waals surface area contributed by atoms with E-state index in [4.69, 9.17) is 0 Å². The number of sulfone groups is 1. The van der Waals surface area contributed by atoms with Crippen LogP contribution >= 0.6 is 0 Å². The molecule has 1 aromatic carbocycles. The molecule has 1 saturated heterocycles. The van der Waals surface area contributed by atoms with Gasteiger partial charge in [-0.3, -0.25) is 10.1 Å². The van der Waals surface area contributed by atoms with E-state index < -0.39 is 14.8 Å². The van der Waals surface area contributed by atoms with Crippen LogP contribution in [-0.2, 0) is 9.84 Å². The molecule has 0 amide bonds. The summed E-state index contributed by atoms with van der Waals surface area (Å²) in [6.45, 7) is 2.24. The van der Waals surface area contributed by atoms with Crippen molar-refractivity contribution in [1.29, 1.82) is 0 Å². The number of nitro benzene ring substituents is 1. The second-order valence-electron chi connectivity index (χ2n) is 5.76. The molecule has 122 valence electrons. The monoisotopic (exact) mass is 327 g/mol. The highest BCUT2D eigenvalue weighted by Gasteiger charge is 2.26. The van der Waals surface area contributed by atoms with E-state index in [1.807, 2.05) is 7.05 Å². The van der Waals surface area contributed by atoms with Gasteiger partial charge in [-0.25, -0.2) is 8.42 Å². The predicted molar refractivity (Wildman–Crippen MR) is 86.1 cm³/mol. The molecule has 1 heterocycles. The molecule has 0 bridgehead atoms. The summed E-state index contributed by atoms with van der Waals surface area (Å²) in [5.74, 6) is 0.182. The normalized spacial score (nSPS) is 19.3. The molecule has 8 heteroatoms. The number of likely N-dealkylation sites (N-methyl/N-ethyl adjacent to an activating group) is 1. The molecule has 0 saturated carbocycles. The topological polar surface area (TPSA) is 83.8 Å². The Morgan fingerprint density at radius 2 is 2.00 bits per heavy atom. The van der Waals surface area contributed by atoms with Crippen LogP contribution in [0.4, 0.5) is 11.4 Å². The summed E-state index contributed by atoms with van der Waals surface area (Å²) in [5, 5.41) is 10.7. The lowest BCUT2D eigenvalue weighted by Crippen LogP contribution is -2.35. The van der Waals surface area contributed by atoms with Crippen LogP contribution in [0.1, 0.15) is 6.42 Å². The molecule has 1 aromatic rings. The molecule has 22 heavy (non-hydrogen) atoms. The highest BCUT2D eigenvalue weighted by atomic mass is 32.2. The fourth-order valence-corrected chi connectivity index (χ4v) is 3.24. The number of rotatable bonds is 6. The van der Waals surface area contributed by atoms with E-state index >= 15 is 0 Å². The van der Waals surface area contributed by atoms with Gasteiger partial charge in [-0.15, -0.1) is 0 Å². The maximum absolute atomic E-state index is 11.2. The number of hydrogen-bond acceptors (Lipinski definition) is 6. The third-order valence-electron chi connectivity index (χ3n) is 4.04. The quantitative estimate of drug-likeness (QED) is 0.576. The van der Waals surface area contributed by atoms with Gasteiger partial charge in [0.15, 0.2) is 0 Å². The van der Waals surface area contributed by atoms with Crippen LogP contribution in [0.2, 0.25) is 0 Å². The number of nitrogens with zero attached hydrogens (tertiary/aromatic N) is 3.